The number of aromatic nitrogens is 2. The highest BCUT2D eigenvalue weighted by atomic mass is 16.3. The van der Waals surface area contributed by atoms with Crippen molar-refractivity contribution in [1.29, 1.82) is 0 Å². The molecule has 1 rings (SSSR count). The Morgan fingerprint density at radius 2 is 2.15 bits per heavy atom. The van der Waals surface area contributed by atoms with Crippen molar-refractivity contribution in [3.05, 3.63) is 18.0 Å². The summed E-state index contributed by atoms with van der Waals surface area (Å²) >= 11 is 0. The van der Waals surface area contributed by atoms with Gasteiger partial charge in [0.15, 0.2) is 0 Å². The molecule has 0 aliphatic rings. The summed E-state index contributed by atoms with van der Waals surface area (Å²) in [4.78, 5) is 8.00. The van der Waals surface area contributed by atoms with E-state index in [-0.39, 0.29) is 13.2 Å². The molecule has 0 saturated heterocycles. The fourth-order valence-corrected chi connectivity index (χ4v) is 0.850. The van der Waals surface area contributed by atoms with Crippen LogP contribution in [0.25, 0.3) is 0 Å². The number of nitrogens with zero attached hydrogens (tertiary/aromatic N) is 2. The van der Waals surface area contributed by atoms with E-state index in [1.54, 1.807) is 12.3 Å². The van der Waals surface area contributed by atoms with Gasteiger partial charge in [-0.3, -0.25) is 0 Å². The number of aliphatic hydroxyl groups is 2. The minimum Gasteiger partial charge on any atom is -0.394 e. The molecule has 1 aromatic rings. The van der Waals surface area contributed by atoms with Gasteiger partial charge in [0.25, 0.3) is 0 Å². The fraction of sp³-hybridized carbons (Fsp3) is 0.500. The summed E-state index contributed by atoms with van der Waals surface area (Å²) in [5, 5.41) is 20.4. The zero-order chi connectivity index (χ0) is 9.68. The predicted octanol–water partition coefficient (Wildman–Crippen LogP) is -0.450. The lowest BCUT2D eigenvalue weighted by molar-refractivity contribution is 0.203. The molecule has 5 nitrogen and oxygen atoms in total. The maximum Gasteiger partial charge on any atom is 0.223 e. The summed E-state index contributed by atoms with van der Waals surface area (Å²) in [5.41, 5.74) is 0.840. The molecule has 0 atom stereocenters. The Morgan fingerprint density at radius 1 is 1.46 bits per heavy atom. The van der Waals surface area contributed by atoms with Crippen LogP contribution in [0.5, 0.6) is 0 Å². The Kier molecular flexibility index (Phi) is 3.60. The van der Waals surface area contributed by atoms with Crippen molar-refractivity contribution >= 4 is 5.95 Å². The number of hydrogen-bond donors (Lipinski definition) is 3. The summed E-state index contributed by atoms with van der Waals surface area (Å²) in [5.74, 6) is 0.424. The van der Waals surface area contributed by atoms with Crippen LogP contribution in [0, 0.1) is 6.92 Å². The van der Waals surface area contributed by atoms with E-state index in [2.05, 4.69) is 15.3 Å². The molecular formula is C8H13N3O2. The molecule has 0 fully saturated rings. The van der Waals surface area contributed by atoms with Gasteiger partial charge in [0.05, 0.1) is 19.3 Å². The number of nitrogens with one attached hydrogen (secondary N) is 1. The van der Waals surface area contributed by atoms with Crippen molar-refractivity contribution in [1.82, 2.24) is 9.97 Å². The first-order valence-electron chi connectivity index (χ1n) is 4.04. The lowest BCUT2D eigenvalue weighted by Gasteiger charge is -2.12. The van der Waals surface area contributed by atoms with Crippen LogP contribution >= 0.6 is 0 Å². The zero-order valence-corrected chi connectivity index (χ0v) is 7.44. The Labute approximate surface area is 76.5 Å². The van der Waals surface area contributed by atoms with E-state index in [1.807, 2.05) is 6.92 Å². The lowest BCUT2D eigenvalue weighted by atomic mass is 10.3. The van der Waals surface area contributed by atoms with Gasteiger partial charge >= 0.3 is 0 Å². The van der Waals surface area contributed by atoms with Crippen LogP contribution in [0.15, 0.2) is 12.3 Å². The molecule has 0 aliphatic heterocycles. The Balaban J connectivity index is 2.62. The van der Waals surface area contributed by atoms with E-state index in [9.17, 15) is 0 Å². The van der Waals surface area contributed by atoms with E-state index < -0.39 is 6.04 Å². The van der Waals surface area contributed by atoms with Crippen LogP contribution in [0.3, 0.4) is 0 Å². The molecule has 3 N–H and O–H groups in total. The highest BCUT2D eigenvalue weighted by Crippen LogP contribution is 2.00. The molecule has 0 unspecified atom stereocenters. The number of rotatable bonds is 4. The van der Waals surface area contributed by atoms with Crippen molar-refractivity contribution in [2.24, 2.45) is 0 Å². The second-order valence-corrected chi connectivity index (χ2v) is 2.73. The average Bonchev–Trinajstić information content (AvgIpc) is 2.14. The largest absolute Gasteiger partial charge is 0.394 e. The van der Waals surface area contributed by atoms with Crippen LogP contribution in [0.2, 0.25) is 0 Å². The third-order valence-corrected chi connectivity index (χ3v) is 1.57. The summed E-state index contributed by atoms with van der Waals surface area (Å²) in [6, 6.07) is 1.37. The van der Waals surface area contributed by atoms with Crippen LogP contribution in [-0.2, 0) is 0 Å². The number of hydrogen-bond acceptors (Lipinski definition) is 5. The average molecular weight is 183 g/mol. The molecule has 0 spiro atoms. The fourth-order valence-electron chi connectivity index (χ4n) is 0.850. The van der Waals surface area contributed by atoms with Gasteiger partial charge in [-0.05, 0) is 13.0 Å². The van der Waals surface area contributed by atoms with Crippen molar-refractivity contribution in [2.45, 2.75) is 13.0 Å². The molecule has 72 valence electrons. The Hall–Kier alpha value is -1.20. The van der Waals surface area contributed by atoms with Crippen LogP contribution in [0.1, 0.15) is 5.69 Å². The van der Waals surface area contributed by atoms with Gasteiger partial charge in [0.1, 0.15) is 0 Å². The van der Waals surface area contributed by atoms with Crippen molar-refractivity contribution in [3.63, 3.8) is 0 Å². The predicted molar refractivity (Wildman–Crippen MR) is 48.4 cm³/mol. The van der Waals surface area contributed by atoms with Crippen LogP contribution in [-0.4, -0.2) is 39.4 Å². The standard InChI is InChI=1S/C8H13N3O2/c1-6-2-3-9-8(10-6)11-7(4-12)5-13/h2-3,7,12-13H,4-5H2,1H3,(H,9,10,11). The third kappa shape index (κ3) is 2.96. The van der Waals surface area contributed by atoms with Gasteiger partial charge in [-0.25, -0.2) is 9.97 Å². The minimum absolute atomic E-state index is 0.145. The van der Waals surface area contributed by atoms with Gasteiger partial charge in [0, 0.05) is 11.9 Å². The lowest BCUT2D eigenvalue weighted by Crippen LogP contribution is -2.28. The molecule has 13 heavy (non-hydrogen) atoms. The van der Waals surface area contributed by atoms with E-state index in [0.29, 0.717) is 5.95 Å². The maximum atomic E-state index is 8.78. The number of anilines is 1. The zero-order valence-electron chi connectivity index (χ0n) is 7.44. The van der Waals surface area contributed by atoms with E-state index in [0.717, 1.165) is 5.69 Å². The van der Waals surface area contributed by atoms with Gasteiger partial charge in [-0.15, -0.1) is 0 Å². The monoisotopic (exact) mass is 183 g/mol. The topological polar surface area (TPSA) is 78.3 Å². The van der Waals surface area contributed by atoms with Crippen LogP contribution in [0.4, 0.5) is 5.95 Å². The molecule has 1 heterocycles. The Morgan fingerprint density at radius 3 is 2.69 bits per heavy atom. The summed E-state index contributed by atoms with van der Waals surface area (Å²) in [7, 11) is 0. The third-order valence-electron chi connectivity index (χ3n) is 1.57. The molecule has 0 aromatic carbocycles. The first kappa shape index (κ1) is 9.88. The van der Waals surface area contributed by atoms with Crippen molar-refractivity contribution < 1.29 is 10.2 Å². The smallest absolute Gasteiger partial charge is 0.223 e. The number of aliphatic hydroxyl groups excluding tert-OH is 2. The van der Waals surface area contributed by atoms with Crippen LogP contribution < -0.4 is 5.32 Å². The first-order chi connectivity index (χ1) is 6.26. The molecule has 0 aliphatic carbocycles. The summed E-state index contributed by atoms with van der Waals surface area (Å²) in [6.07, 6.45) is 1.62. The van der Waals surface area contributed by atoms with Crippen molar-refractivity contribution in [2.75, 3.05) is 18.5 Å². The van der Waals surface area contributed by atoms with Gasteiger partial charge in [-0.1, -0.05) is 0 Å². The molecule has 0 radical (unpaired) electrons. The first-order valence-corrected chi connectivity index (χ1v) is 4.04. The maximum absolute atomic E-state index is 8.78. The molecule has 0 bridgehead atoms. The SMILES string of the molecule is Cc1ccnc(NC(CO)CO)n1. The second kappa shape index (κ2) is 4.74. The van der Waals surface area contributed by atoms with Gasteiger partial charge in [0.2, 0.25) is 5.95 Å². The molecule has 0 amide bonds. The second-order valence-electron chi connectivity index (χ2n) is 2.73. The quantitative estimate of drug-likeness (QED) is 0.589. The van der Waals surface area contributed by atoms with E-state index >= 15 is 0 Å². The molecular weight excluding hydrogens is 170 g/mol. The minimum atomic E-state index is -0.401. The van der Waals surface area contributed by atoms with Crippen molar-refractivity contribution in [3.8, 4) is 0 Å². The van der Waals surface area contributed by atoms with Gasteiger partial charge < -0.3 is 15.5 Å². The summed E-state index contributed by atoms with van der Waals surface area (Å²) < 4.78 is 0. The highest BCUT2D eigenvalue weighted by molar-refractivity contribution is 5.26. The molecule has 5 heteroatoms. The number of aryl methyl sites for hydroxylation is 1. The highest BCUT2D eigenvalue weighted by Gasteiger charge is 2.06. The van der Waals surface area contributed by atoms with Gasteiger partial charge in [-0.2, -0.15) is 0 Å². The Bertz CT molecular complexity index is 263. The normalized spacial score (nSPS) is 10.5. The molecule has 0 saturated carbocycles. The van der Waals surface area contributed by atoms with E-state index in [1.165, 1.54) is 0 Å². The van der Waals surface area contributed by atoms with E-state index in [4.69, 9.17) is 10.2 Å². The summed E-state index contributed by atoms with van der Waals surface area (Å²) in [6.45, 7) is 1.56. The molecule has 1 aromatic heterocycles.